The predicted octanol–water partition coefficient (Wildman–Crippen LogP) is 5.79. The van der Waals surface area contributed by atoms with E-state index in [-0.39, 0.29) is 21.7 Å². The van der Waals surface area contributed by atoms with Crippen LogP contribution in [0.3, 0.4) is 0 Å². The Hall–Kier alpha value is -3.98. The number of nitrogens with zero attached hydrogens (tertiary/aromatic N) is 1. The van der Waals surface area contributed by atoms with Gasteiger partial charge in [0.25, 0.3) is 0 Å². The summed E-state index contributed by atoms with van der Waals surface area (Å²) in [5.74, 6) is 1.80. The molecule has 1 N–H and O–H groups in total. The molecule has 0 amide bonds. The maximum absolute atomic E-state index is 13.8. The fraction of sp³-hybridized carbons (Fsp3) is 0.222. The van der Waals surface area contributed by atoms with Gasteiger partial charge in [0.15, 0.2) is 11.5 Å². The van der Waals surface area contributed by atoms with E-state index in [0.29, 0.717) is 42.6 Å². The van der Waals surface area contributed by atoms with Gasteiger partial charge in [-0.2, -0.15) is 4.98 Å². The van der Waals surface area contributed by atoms with E-state index in [1.807, 2.05) is 38.1 Å². The van der Waals surface area contributed by atoms with E-state index in [2.05, 4.69) is 10.3 Å². The minimum absolute atomic E-state index is 0.0282. The summed E-state index contributed by atoms with van der Waals surface area (Å²) in [5.41, 5.74) is 2.26. The topological polar surface area (TPSA) is 99.9 Å². The van der Waals surface area contributed by atoms with Gasteiger partial charge in [-0.05, 0) is 61.4 Å². The zero-order valence-electron chi connectivity index (χ0n) is 20.0. The fourth-order valence-electron chi connectivity index (χ4n) is 3.74. The molecular weight excluding hydrogens is 480 g/mol. The number of aryl methyl sites for hydroxylation is 1. The van der Waals surface area contributed by atoms with Crippen molar-refractivity contribution in [2.75, 3.05) is 25.1 Å². The van der Waals surface area contributed by atoms with Crippen LogP contribution in [0.1, 0.15) is 18.9 Å². The first-order valence-corrected chi connectivity index (χ1v) is 13.2. The lowest BCUT2D eigenvalue weighted by Gasteiger charge is -2.18. The second-order valence-corrected chi connectivity index (χ2v) is 10.1. The Balaban J connectivity index is 1.57. The van der Waals surface area contributed by atoms with Crippen molar-refractivity contribution < 1.29 is 27.0 Å². The molecule has 9 heteroatoms. The highest BCUT2D eigenvalue weighted by Gasteiger charge is 2.30. The molecule has 8 nitrogen and oxygen atoms in total. The molecule has 1 aliphatic rings. The second kappa shape index (κ2) is 9.94. The molecule has 0 radical (unpaired) electrons. The molecule has 2 heterocycles. The molecule has 0 fully saturated rings. The molecule has 1 aliphatic heterocycles. The molecule has 0 aliphatic carbocycles. The number of ether oxygens (including phenoxy) is 3. The van der Waals surface area contributed by atoms with Gasteiger partial charge < -0.3 is 23.9 Å². The second-order valence-electron chi connectivity index (χ2n) is 8.27. The number of rotatable bonds is 8. The lowest BCUT2D eigenvalue weighted by Crippen LogP contribution is -2.16. The number of anilines is 2. The van der Waals surface area contributed by atoms with Crippen LogP contribution in [0.15, 0.2) is 81.1 Å². The standard InChI is InChI=1S/C27H26N2O6S/c1-3-14-32-20-10-8-19(9-11-20)25-29-27(26(35-25)28-22-7-5-4-6-18(22)2)36(30,31)21-12-13-23-24(17-21)34-16-15-33-23/h4-13,17,28H,3,14-16H2,1-2H3. The molecule has 186 valence electrons. The van der Waals surface area contributed by atoms with Gasteiger partial charge >= 0.3 is 0 Å². The Morgan fingerprint density at radius 3 is 2.47 bits per heavy atom. The quantitative estimate of drug-likeness (QED) is 0.321. The number of para-hydroxylation sites is 1. The van der Waals surface area contributed by atoms with Gasteiger partial charge in [0, 0.05) is 17.3 Å². The van der Waals surface area contributed by atoms with Gasteiger partial charge in [0.1, 0.15) is 19.0 Å². The highest BCUT2D eigenvalue weighted by Crippen LogP contribution is 2.38. The van der Waals surface area contributed by atoms with Crippen LogP contribution in [0.5, 0.6) is 17.2 Å². The predicted molar refractivity (Wildman–Crippen MR) is 135 cm³/mol. The highest BCUT2D eigenvalue weighted by atomic mass is 32.2. The molecule has 0 saturated heterocycles. The third-order valence-corrected chi connectivity index (χ3v) is 7.30. The number of aromatic nitrogens is 1. The summed E-state index contributed by atoms with van der Waals surface area (Å²) >= 11 is 0. The number of benzene rings is 3. The minimum atomic E-state index is -4.07. The number of oxazole rings is 1. The van der Waals surface area contributed by atoms with E-state index >= 15 is 0 Å². The van der Waals surface area contributed by atoms with E-state index in [1.54, 1.807) is 30.3 Å². The molecule has 1 aromatic heterocycles. The summed E-state index contributed by atoms with van der Waals surface area (Å²) in [6.07, 6.45) is 0.899. The first kappa shape index (κ1) is 23.7. The summed E-state index contributed by atoms with van der Waals surface area (Å²) in [6, 6.07) is 19.2. The Morgan fingerprint density at radius 2 is 1.72 bits per heavy atom. The van der Waals surface area contributed by atoms with Crippen LogP contribution < -0.4 is 19.5 Å². The van der Waals surface area contributed by atoms with Crippen LogP contribution in [-0.2, 0) is 9.84 Å². The van der Waals surface area contributed by atoms with Crippen LogP contribution in [0, 0.1) is 6.92 Å². The monoisotopic (exact) mass is 506 g/mol. The van der Waals surface area contributed by atoms with Gasteiger partial charge in [-0.1, -0.05) is 25.1 Å². The van der Waals surface area contributed by atoms with Crippen LogP contribution in [0.4, 0.5) is 11.6 Å². The lowest BCUT2D eigenvalue weighted by molar-refractivity contribution is 0.171. The molecule has 0 unspecified atom stereocenters. The Morgan fingerprint density at radius 1 is 0.972 bits per heavy atom. The van der Waals surface area contributed by atoms with Gasteiger partial charge in [-0.25, -0.2) is 8.42 Å². The first-order valence-electron chi connectivity index (χ1n) is 11.7. The third kappa shape index (κ3) is 4.74. The van der Waals surface area contributed by atoms with Crippen LogP contribution in [0.25, 0.3) is 11.5 Å². The average Bonchev–Trinajstić information content (AvgIpc) is 3.33. The molecule has 5 rings (SSSR count). The molecule has 0 saturated carbocycles. The van der Waals surface area contributed by atoms with Crippen molar-refractivity contribution in [3.8, 4) is 28.7 Å². The summed E-state index contributed by atoms with van der Waals surface area (Å²) in [6.45, 7) is 5.33. The van der Waals surface area contributed by atoms with Crippen LogP contribution in [-0.4, -0.2) is 33.2 Å². The van der Waals surface area contributed by atoms with E-state index < -0.39 is 9.84 Å². The SMILES string of the molecule is CCCOc1ccc(-c2nc(S(=O)(=O)c3ccc4c(c3)OCCO4)c(Nc3ccccc3C)o2)cc1. The molecule has 0 atom stereocenters. The molecular formula is C27H26N2O6S. The van der Waals surface area contributed by atoms with Crippen molar-refractivity contribution in [3.05, 3.63) is 72.3 Å². The van der Waals surface area contributed by atoms with Crippen molar-refractivity contribution in [2.24, 2.45) is 0 Å². The maximum atomic E-state index is 13.8. The van der Waals surface area contributed by atoms with E-state index in [0.717, 1.165) is 17.7 Å². The largest absolute Gasteiger partial charge is 0.494 e. The van der Waals surface area contributed by atoms with Crippen molar-refractivity contribution in [1.82, 2.24) is 4.98 Å². The Bertz CT molecular complexity index is 1480. The Kier molecular flexibility index (Phi) is 6.56. The lowest BCUT2D eigenvalue weighted by atomic mass is 10.2. The minimum Gasteiger partial charge on any atom is -0.494 e. The van der Waals surface area contributed by atoms with Crippen molar-refractivity contribution >= 4 is 21.4 Å². The highest BCUT2D eigenvalue weighted by molar-refractivity contribution is 7.91. The van der Waals surface area contributed by atoms with Gasteiger partial charge in [0.2, 0.25) is 26.6 Å². The number of hydrogen-bond donors (Lipinski definition) is 1. The van der Waals surface area contributed by atoms with Crippen LogP contribution >= 0.6 is 0 Å². The normalized spacial score (nSPS) is 12.8. The van der Waals surface area contributed by atoms with E-state index in [4.69, 9.17) is 18.6 Å². The summed E-state index contributed by atoms with van der Waals surface area (Å²) in [4.78, 5) is 4.46. The van der Waals surface area contributed by atoms with Crippen molar-refractivity contribution in [1.29, 1.82) is 0 Å². The maximum Gasteiger partial charge on any atom is 0.238 e. The summed E-state index contributed by atoms with van der Waals surface area (Å²) in [7, 11) is -4.07. The first-order chi connectivity index (χ1) is 17.5. The van der Waals surface area contributed by atoms with Gasteiger partial charge in [0.05, 0.1) is 11.5 Å². The van der Waals surface area contributed by atoms with Crippen molar-refractivity contribution in [3.63, 3.8) is 0 Å². The molecule has 0 spiro atoms. The molecule has 3 aromatic carbocycles. The smallest absolute Gasteiger partial charge is 0.238 e. The Labute approximate surface area is 209 Å². The number of fused-ring (bicyclic) bond motifs is 1. The number of sulfone groups is 1. The van der Waals surface area contributed by atoms with E-state index in [9.17, 15) is 8.42 Å². The molecule has 0 bridgehead atoms. The molecule has 36 heavy (non-hydrogen) atoms. The molecule has 4 aromatic rings. The van der Waals surface area contributed by atoms with Crippen molar-refractivity contribution in [2.45, 2.75) is 30.2 Å². The van der Waals surface area contributed by atoms with E-state index in [1.165, 1.54) is 12.1 Å². The fourth-order valence-corrected chi connectivity index (χ4v) is 5.01. The van der Waals surface area contributed by atoms with Gasteiger partial charge in [-0.3, -0.25) is 0 Å². The van der Waals surface area contributed by atoms with Crippen LogP contribution in [0.2, 0.25) is 0 Å². The summed E-state index contributed by atoms with van der Waals surface area (Å²) in [5, 5.41) is 2.90. The zero-order valence-corrected chi connectivity index (χ0v) is 20.8. The van der Waals surface area contributed by atoms with Gasteiger partial charge in [-0.15, -0.1) is 0 Å². The number of hydrogen-bond acceptors (Lipinski definition) is 8. The average molecular weight is 507 g/mol. The zero-order chi connectivity index (χ0) is 25.1. The summed E-state index contributed by atoms with van der Waals surface area (Å²) < 4.78 is 50.3. The number of nitrogens with one attached hydrogen (secondary N) is 1. The third-order valence-electron chi connectivity index (χ3n) is 5.64.